The predicted octanol–water partition coefficient (Wildman–Crippen LogP) is 2.74. The lowest BCUT2D eigenvalue weighted by Crippen LogP contribution is -2.35. The third-order valence-electron chi connectivity index (χ3n) is 4.47. The van der Waals surface area contributed by atoms with Crippen LogP contribution in [0.1, 0.15) is 31.7 Å². The van der Waals surface area contributed by atoms with E-state index >= 15 is 0 Å². The lowest BCUT2D eigenvalue weighted by atomic mass is 10.0. The molecule has 0 spiro atoms. The Bertz CT molecular complexity index is 677. The molecule has 1 atom stereocenters. The average molecular weight is 375 g/mol. The van der Waals surface area contributed by atoms with E-state index in [0.717, 1.165) is 30.2 Å². The van der Waals surface area contributed by atoms with Crippen molar-refractivity contribution in [2.24, 2.45) is 16.1 Å². The van der Waals surface area contributed by atoms with Gasteiger partial charge in [0.15, 0.2) is 5.17 Å². The number of para-hydroxylation sites is 1. The van der Waals surface area contributed by atoms with Crippen molar-refractivity contribution in [1.82, 2.24) is 10.2 Å². The predicted molar refractivity (Wildman–Crippen MR) is 107 cm³/mol. The Kier molecular flexibility index (Phi) is 7.08. The summed E-state index contributed by atoms with van der Waals surface area (Å²) in [4.78, 5) is 13.7. The van der Waals surface area contributed by atoms with Crippen molar-refractivity contribution in [2.45, 2.75) is 26.2 Å². The highest BCUT2D eigenvalue weighted by atomic mass is 32.2. The molecular formula is C19H26N4O2S. The van der Waals surface area contributed by atoms with E-state index in [2.05, 4.69) is 27.3 Å². The molecule has 1 aromatic rings. The fraction of sp³-hybridized carbons (Fsp3) is 0.526. The molecule has 26 heavy (non-hydrogen) atoms. The highest BCUT2D eigenvalue weighted by molar-refractivity contribution is 8.15. The number of piperidine rings is 1. The Morgan fingerprint density at radius 2 is 2.31 bits per heavy atom. The maximum atomic E-state index is 11.1. The van der Waals surface area contributed by atoms with E-state index in [4.69, 9.17) is 4.74 Å². The number of amides is 1. The smallest absolute Gasteiger partial charge is 0.236 e. The third-order valence-corrected chi connectivity index (χ3v) is 5.33. The van der Waals surface area contributed by atoms with Crippen molar-refractivity contribution in [3.63, 3.8) is 0 Å². The van der Waals surface area contributed by atoms with E-state index in [9.17, 15) is 4.79 Å². The lowest BCUT2D eigenvalue weighted by Gasteiger charge is -2.30. The van der Waals surface area contributed by atoms with Crippen molar-refractivity contribution >= 4 is 29.1 Å². The van der Waals surface area contributed by atoms with Gasteiger partial charge in [0.1, 0.15) is 5.75 Å². The number of nitrogens with zero attached hydrogens (tertiary/aromatic N) is 3. The maximum Gasteiger partial charge on any atom is 0.236 e. The van der Waals surface area contributed by atoms with Crippen LogP contribution in [0.5, 0.6) is 5.75 Å². The highest BCUT2D eigenvalue weighted by Gasteiger charge is 2.16. The standard InChI is InChI=1S/C19H26N4O2S/c1-15-6-4-9-23(13-15)10-5-11-25-17-8-3-2-7-16(17)12-20-22-19-21-18(24)14-26-19/h2-3,7-8,12,15H,4-6,9-11,13-14H2,1H3,(H,21,22,24). The number of carbonyl (C=O) groups is 1. The molecule has 0 aromatic heterocycles. The van der Waals surface area contributed by atoms with Crippen molar-refractivity contribution in [1.29, 1.82) is 0 Å². The molecule has 3 rings (SSSR count). The van der Waals surface area contributed by atoms with E-state index in [1.807, 2.05) is 24.3 Å². The number of amidine groups is 1. The normalized spacial score (nSPS) is 22.9. The molecule has 6 nitrogen and oxygen atoms in total. The molecule has 0 aliphatic carbocycles. The van der Waals surface area contributed by atoms with Gasteiger partial charge in [-0.3, -0.25) is 4.79 Å². The first-order valence-electron chi connectivity index (χ1n) is 9.18. The molecule has 0 bridgehead atoms. The summed E-state index contributed by atoms with van der Waals surface area (Å²) in [6, 6.07) is 7.80. The van der Waals surface area contributed by atoms with Crippen molar-refractivity contribution in [2.75, 3.05) is 32.0 Å². The van der Waals surface area contributed by atoms with Gasteiger partial charge in [0.05, 0.1) is 18.6 Å². The van der Waals surface area contributed by atoms with Crippen LogP contribution in [0.2, 0.25) is 0 Å². The number of benzene rings is 1. The highest BCUT2D eigenvalue weighted by Crippen LogP contribution is 2.18. The summed E-state index contributed by atoms with van der Waals surface area (Å²) in [5.74, 6) is 2.00. The second-order valence-electron chi connectivity index (χ2n) is 6.77. The average Bonchev–Trinajstić information content (AvgIpc) is 3.05. The minimum Gasteiger partial charge on any atom is -0.493 e. The summed E-state index contributed by atoms with van der Waals surface area (Å²) in [5.41, 5.74) is 0.887. The maximum absolute atomic E-state index is 11.1. The van der Waals surface area contributed by atoms with Crippen LogP contribution in [0, 0.1) is 5.92 Å². The number of ether oxygens (including phenoxy) is 1. The summed E-state index contributed by atoms with van der Waals surface area (Å²) in [5, 5.41) is 11.3. The number of hydrogen-bond donors (Lipinski definition) is 1. The van der Waals surface area contributed by atoms with Crippen LogP contribution < -0.4 is 10.1 Å². The monoisotopic (exact) mass is 374 g/mol. The minimum atomic E-state index is -0.0317. The molecule has 2 heterocycles. The second-order valence-corrected chi connectivity index (χ2v) is 7.74. The molecule has 1 aromatic carbocycles. The van der Waals surface area contributed by atoms with Crippen molar-refractivity contribution < 1.29 is 9.53 Å². The Morgan fingerprint density at radius 3 is 3.12 bits per heavy atom. The first kappa shape index (κ1) is 18.9. The molecule has 2 aliphatic heterocycles. The zero-order chi connectivity index (χ0) is 18.2. The van der Waals surface area contributed by atoms with Gasteiger partial charge in [-0.2, -0.15) is 5.10 Å². The van der Waals surface area contributed by atoms with Gasteiger partial charge in [-0.15, -0.1) is 5.10 Å². The largest absolute Gasteiger partial charge is 0.493 e. The zero-order valence-corrected chi connectivity index (χ0v) is 16.0. The van der Waals surface area contributed by atoms with Crippen LogP contribution >= 0.6 is 11.8 Å². The number of likely N-dealkylation sites (tertiary alicyclic amines) is 1. The van der Waals surface area contributed by atoms with Gasteiger partial charge >= 0.3 is 0 Å². The fourth-order valence-electron chi connectivity index (χ4n) is 3.20. The molecule has 2 saturated heterocycles. The molecule has 7 heteroatoms. The van der Waals surface area contributed by atoms with Crippen molar-refractivity contribution in [3.05, 3.63) is 29.8 Å². The number of thioether (sulfide) groups is 1. The Morgan fingerprint density at radius 1 is 1.42 bits per heavy atom. The molecule has 1 amide bonds. The van der Waals surface area contributed by atoms with Crippen molar-refractivity contribution in [3.8, 4) is 5.75 Å². The lowest BCUT2D eigenvalue weighted by molar-refractivity contribution is -0.116. The van der Waals surface area contributed by atoms with Gasteiger partial charge < -0.3 is 15.0 Å². The van der Waals surface area contributed by atoms with Gasteiger partial charge in [0.25, 0.3) is 0 Å². The van der Waals surface area contributed by atoms with Crippen LogP contribution in [-0.2, 0) is 4.79 Å². The molecule has 140 valence electrons. The minimum absolute atomic E-state index is 0.0317. The molecule has 2 fully saturated rings. The fourth-order valence-corrected chi connectivity index (χ4v) is 3.83. The van der Waals surface area contributed by atoms with Gasteiger partial charge in [-0.1, -0.05) is 30.8 Å². The van der Waals surface area contributed by atoms with Gasteiger partial charge in [0.2, 0.25) is 5.91 Å². The molecular weight excluding hydrogens is 348 g/mol. The van der Waals surface area contributed by atoms with Crippen LogP contribution in [0.25, 0.3) is 0 Å². The van der Waals surface area contributed by atoms with E-state index < -0.39 is 0 Å². The van der Waals surface area contributed by atoms with Gasteiger partial charge in [0, 0.05) is 18.7 Å². The number of hydrogen-bond acceptors (Lipinski definition) is 6. The second kappa shape index (κ2) is 9.73. The van der Waals surface area contributed by atoms with E-state index in [0.29, 0.717) is 17.5 Å². The van der Waals surface area contributed by atoms with E-state index in [1.54, 1.807) is 6.21 Å². The molecule has 0 radical (unpaired) electrons. The molecule has 0 saturated carbocycles. The van der Waals surface area contributed by atoms with Crippen LogP contribution in [0.3, 0.4) is 0 Å². The molecule has 1 unspecified atom stereocenters. The zero-order valence-electron chi connectivity index (χ0n) is 15.2. The van der Waals surface area contributed by atoms with E-state index in [-0.39, 0.29) is 5.91 Å². The number of nitrogens with one attached hydrogen (secondary N) is 1. The van der Waals surface area contributed by atoms with Gasteiger partial charge in [-0.25, -0.2) is 0 Å². The summed E-state index contributed by atoms with van der Waals surface area (Å²) in [6.07, 6.45) is 5.34. The summed E-state index contributed by atoms with van der Waals surface area (Å²) >= 11 is 1.36. The third kappa shape index (κ3) is 5.85. The summed E-state index contributed by atoms with van der Waals surface area (Å²) in [6.45, 7) is 6.53. The topological polar surface area (TPSA) is 66.3 Å². The van der Waals surface area contributed by atoms with E-state index in [1.165, 1.54) is 37.7 Å². The van der Waals surface area contributed by atoms with Crippen LogP contribution in [0.15, 0.2) is 34.5 Å². The number of carbonyl (C=O) groups excluding carboxylic acids is 1. The Hall–Kier alpha value is -1.86. The Balaban J connectivity index is 1.47. The van der Waals surface area contributed by atoms with Gasteiger partial charge in [-0.05, 0) is 43.9 Å². The SMILES string of the molecule is CC1CCCN(CCCOc2ccccc2C=NN=C2NC(=O)CS2)C1. The quantitative estimate of drug-likeness (QED) is 0.453. The summed E-state index contributed by atoms with van der Waals surface area (Å²) < 4.78 is 5.95. The first-order valence-corrected chi connectivity index (χ1v) is 10.2. The van der Waals surface area contributed by atoms with Crippen LogP contribution in [0.4, 0.5) is 0 Å². The molecule has 2 aliphatic rings. The number of rotatable bonds is 7. The van der Waals surface area contributed by atoms with Crippen LogP contribution in [-0.4, -0.2) is 54.2 Å². The summed E-state index contributed by atoms with van der Waals surface area (Å²) in [7, 11) is 0. The molecule has 1 N–H and O–H groups in total. The Labute approximate surface area is 159 Å². The first-order chi connectivity index (χ1) is 12.7.